The van der Waals surface area contributed by atoms with E-state index in [0.29, 0.717) is 26.4 Å². The second-order valence-electron chi connectivity index (χ2n) is 4.94. The summed E-state index contributed by atoms with van der Waals surface area (Å²) in [6.07, 6.45) is 1.82. The summed E-state index contributed by atoms with van der Waals surface area (Å²) in [5.74, 6) is 0. The van der Waals surface area contributed by atoms with Crippen molar-refractivity contribution < 1.29 is 14.2 Å². The second-order valence-corrected chi connectivity index (χ2v) is 4.94. The highest BCUT2D eigenvalue weighted by Gasteiger charge is 2.04. The minimum Gasteiger partial charge on any atom is -0.498 e. The van der Waals surface area contributed by atoms with E-state index in [1.54, 1.807) is 0 Å². The maximum Gasteiger partial charge on any atom is 0.111 e. The van der Waals surface area contributed by atoms with Crippen LogP contribution in [-0.4, -0.2) is 33.0 Å². The molecule has 0 aliphatic rings. The molecule has 0 atom stereocenters. The van der Waals surface area contributed by atoms with Crippen molar-refractivity contribution in [3.8, 4) is 0 Å². The van der Waals surface area contributed by atoms with Crippen molar-refractivity contribution in [1.82, 2.24) is 0 Å². The first kappa shape index (κ1) is 17.3. The molecule has 0 heterocycles. The number of ether oxygens (including phenoxy) is 3. The molecular formula is C20H24O3. The lowest BCUT2D eigenvalue weighted by Crippen LogP contribution is -2.08. The minimum atomic E-state index is 0.523. The Morgan fingerprint density at radius 1 is 0.739 bits per heavy atom. The van der Waals surface area contributed by atoms with Crippen LogP contribution in [0.3, 0.4) is 0 Å². The molecule has 0 aliphatic carbocycles. The number of rotatable bonds is 10. The Balaban J connectivity index is 1.90. The second kappa shape index (κ2) is 10.6. The van der Waals surface area contributed by atoms with Crippen LogP contribution in [-0.2, 0) is 14.2 Å². The zero-order chi connectivity index (χ0) is 16.2. The van der Waals surface area contributed by atoms with E-state index < -0.39 is 0 Å². The van der Waals surface area contributed by atoms with Crippen molar-refractivity contribution in [2.24, 2.45) is 0 Å². The highest BCUT2D eigenvalue weighted by molar-refractivity contribution is 5.78. The molecule has 3 heteroatoms. The Hall–Kier alpha value is -2.10. The molecular weight excluding hydrogens is 288 g/mol. The monoisotopic (exact) mass is 312 g/mol. The number of hydrogen-bond donors (Lipinski definition) is 0. The van der Waals surface area contributed by atoms with E-state index in [-0.39, 0.29) is 0 Å². The molecule has 0 radical (unpaired) electrons. The summed E-state index contributed by atoms with van der Waals surface area (Å²) in [4.78, 5) is 0. The van der Waals surface area contributed by atoms with Gasteiger partial charge in [0, 0.05) is 12.2 Å². The van der Waals surface area contributed by atoms with Gasteiger partial charge < -0.3 is 14.2 Å². The molecule has 3 nitrogen and oxygen atoms in total. The van der Waals surface area contributed by atoms with Gasteiger partial charge >= 0.3 is 0 Å². The molecule has 122 valence electrons. The summed E-state index contributed by atoms with van der Waals surface area (Å²) in [5.41, 5.74) is 3.34. The molecule has 0 amide bonds. The topological polar surface area (TPSA) is 27.7 Å². The molecule has 0 aliphatic heterocycles. The molecule has 0 N–H and O–H groups in total. The Morgan fingerprint density at radius 3 is 1.83 bits per heavy atom. The Bertz CT molecular complexity index is 522. The zero-order valence-electron chi connectivity index (χ0n) is 13.6. The third-order valence-corrected chi connectivity index (χ3v) is 3.29. The lowest BCUT2D eigenvalue weighted by molar-refractivity contribution is 0.0343. The smallest absolute Gasteiger partial charge is 0.111 e. The quantitative estimate of drug-likeness (QED) is 0.487. The molecule has 0 saturated heterocycles. The van der Waals surface area contributed by atoms with Crippen molar-refractivity contribution in [2.75, 3.05) is 33.0 Å². The van der Waals surface area contributed by atoms with Crippen LogP contribution in [0.4, 0.5) is 0 Å². The Labute approximate surface area is 138 Å². The van der Waals surface area contributed by atoms with E-state index in [0.717, 1.165) is 23.3 Å². The van der Waals surface area contributed by atoms with E-state index in [9.17, 15) is 0 Å². The van der Waals surface area contributed by atoms with Crippen LogP contribution in [0.25, 0.3) is 5.57 Å². The molecule has 0 spiro atoms. The van der Waals surface area contributed by atoms with Crippen LogP contribution < -0.4 is 0 Å². The first-order chi connectivity index (χ1) is 11.4. The molecule has 0 unspecified atom stereocenters. The van der Waals surface area contributed by atoms with Crippen LogP contribution in [0.2, 0.25) is 0 Å². The molecule has 23 heavy (non-hydrogen) atoms. The summed E-state index contributed by atoms with van der Waals surface area (Å²) < 4.78 is 16.3. The maximum absolute atomic E-state index is 5.68. The van der Waals surface area contributed by atoms with Crippen molar-refractivity contribution in [2.45, 2.75) is 6.92 Å². The highest BCUT2D eigenvalue weighted by Crippen LogP contribution is 2.22. The van der Waals surface area contributed by atoms with Gasteiger partial charge in [0.1, 0.15) is 6.61 Å². The van der Waals surface area contributed by atoms with Crippen molar-refractivity contribution in [3.05, 3.63) is 78.1 Å². The maximum atomic E-state index is 5.68. The van der Waals surface area contributed by atoms with Gasteiger partial charge in [0.25, 0.3) is 0 Å². The minimum absolute atomic E-state index is 0.523. The summed E-state index contributed by atoms with van der Waals surface area (Å²) in [7, 11) is 0. The van der Waals surface area contributed by atoms with Gasteiger partial charge in [0.2, 0.25) is 0 Å². The fourth-order valence-electron chi connectivity index (χ4n) is 2.15. The fraction of sp³-hybridized carbons (Fsp3) is 0.300. The largest absolute Gasteiger partial charge is 0.498 e. The molecule has 0 saturated carbocycles. The lowest BCUT2D eigenvalue weighted by Gasteiger charge is -2.09. The van der Waals surface area contributed by atoms with Gasteiger partial charge in [0.05, 0.1) is 26.1 Å². The predicted octanol–water partition coefficient (Wildman–Crippen LogP) is 4.15. The average molecular weight is 312 g/mol. The van der Waals surface area contributed by atoms with Crippen molar-refractivity contribution >= 4 is 5.57 Å². The van der Waals surface area contributed by atoms with Crippen molar-refractivity contribution in [3.63, 3.8) is 0 Å². The van der Waals surface area contributed by atoms with E-state index in [4.69, 9.17) is 14.2 Å². The molecule has 2 rings (SSSR count). The van der Waals surface area contributed by atoms with Gasteiger partial charge in [0.15, 0.2) is 0 Å². The summed E-state index contributed by atoms with van der Waals surface area (Å²) >= 11 is 0. The molecule has 0 aromatic heterocycles. The van der Waals surface area contributed by atoms with Crippen LogP contribution in [0, 0.1) is 0 Å². The molecule has 0 bridgehead atoms. The Morgan fingerprint density at radius 2 is 1.26 bits per heavy atom. The van der Waals surface area contributed by atoms with Crippen LogP contribution in [0.1, 0.15) is 18.1 Å². The van der Waals surface area contributed by atoms with Gasteiger partial charge in [-0.2, -0.15) is 0 Å². The molecule has 0 fully saturated rings. The van der Waals surface area contributed by atoms with Gasteiger partial charge in [-0.05, 0) is 18.1 Å². The third-order valence-electron chi connectivity index (χ3n) is 3.29. The van der Waals surface area contributed by atoms with Crippen LogP contribution in [0.5, 0.6) is 0 Å². The zero-order valence-corrected chi connectivity index (χ0v) is 13.6. The van der Waals surface area contributed by atoms with Crippen LogP contribution >= 0.6 is 0 Å². The standard InChI is InChI=1S/C20H24O3/c1-2-21-13-14-22-15-16-23-17-20(18-9-5-3-6-10-18)19-11-7-4-8-12-19/h3-12,17H,2,13-16H2,1H3. The number of benzene rings is 2. The summed E-state index contributed by atoms with van der Waals surface area (Å²) in [6, 6.07) is 20.5. The van der Waals surface area contributed by atoms with Gasteiger partial charge in [-0.3, -0.25) is 0 Å². The summed E-state index contributed by atoms with van der Waals surface area (Å²) in [5, 5.41) is 0. The number of hydrogen-bond acceptors (Lipinski definition) is 3. The van der Waals surface area contributed by atoms with E-state index >= 15 is 0 Å². The molecule has 2 aromatic rings. The molecule has 2 aromatic carbocycles. The van der Waals surface area contributed by atoms with Gasteiger partial charge in [-0.1, -0.05) is 60.7 Å². The summed E-state index contributed by atoms with van der Waals surface area (Å²) in [6.45, 7) is 5.01. The fourth-order valence-corrected chi connectivity index (χ4v) is 2.15. The average Bonchev–Trinajstić information content (AvgIpc) is 2.62. The third kappa shape index (κ3) is 6.27. The highest BCUT2D eigenvalue weighted by atomic mass is 16.5. The SMILES string of the molecule is CCOCCOCCOC=C(c1ccccc1)c1ccccc1. The normalized spacial score (nSPS) is 10.3. The van der Waals surface area contributed by atoms with E-state index in [1.165, 1.54) is 0 Å². The predicted molar refractivity (Wildman–Crippen MR) is 93.2 cm³/mol. The van der Waals surface area contributed by atoms with Gasteiger partial charge in [-0.15, -0.1) is 0 Å². The first-order valence-electron chi connectivity index (χ1n) is 8.00. The van der Waals surface area contributed by atoms with Crippen molar-refractivity contribution in [1.29, 1.82) is 0 Å². The van der Waals surface area contributed by atoms with Gasteiger partial charge in [-0.25, -0.2) is 0 Å². The van der Waals surface area contributed by atoms with E-state index in [2.05, 4.69) is 24.3 Å². The lowest BCUT2D eigenvalue weighted by atomic mass is 9.99. The first-order valence-corrected chi connectivity index (χ1v) is 8.00. The van der Waals surface area contributed by atoms with Crippen LogP contribution in [0.15, 0.2) is 66.9 Å². The van der Waals surface area contributed by atoms with E-state index in [1.807, 2.05) is 49.6 Å². The Kier molecular flexibility index (Phi) is 7.95.